The highest BCUT2D eigenvalue weighted by Crippen LogP contribution is 2.30. The molecule has 10 rings (SSSR count). The molecular formula is C48H50N10O2. The maximum Gasteiger partial charge on any atom is 0.227 e. The van der Waals surface area contributed by atoms with Crippen LogP contribution < -0.4 is 0 Å². The lowest BCUT2D eigenvalue weighted by molar-refractivity contribution is -0.132. The van der Waals surface area contributed by atoms with Gasteiger partial charge in [-0.15, -0.1) is 0 Å². The Bertz CT molecular complexity index is 2480. The molecule has 0 radical (unpaired) electrons. The van der Waals surface area contributed by atoms with E-state index in [2.05, 4.69) is 90.2 Å². The Kier molecular flexibility index (Phi) is 11.1. The first kappa shape index (κ1) is 38.7. The number of H-pyrrole nitrogens is 2. The molecule has 0 aliphatic carbocycles. The van der Waals surface area contributed by atoms with Crippen LogP contribution in [0.2, 0.25) is 0 Å². The molecule has 0 saturated carbocycles. The van der Waals surface area contributed by atoms with Gasteiger partial charge in [0.05, 0.1) is 48.7 Å². The Morgan fingerprint density at radius 3 is 1.40 bits per heavy atom. The van der Waals surface area contributed by atoms with E-state index in [0.717, 1.165) is 94.2 Å². The molecule has 304 valence electrons. The van der Waals surface area contributed by atoms with Gasteiger partial charge in [0.2, 0.25) is 11.8 Å². The summed E-state index contributed by atoms with van der Waals surface area (Å²) < 4.78 is 4.16. The average molecular weight is 799 g/mol. The highest BCUT2D eigenvalue weighted by atomic mass is 16.2. The molecule has 0 spiro atoms. The number of rotatable bonds is 10. The first-order valence-electron chi connectivity index (χ1n) is 20.9. The van der Waals surface area contributed by atoms with E-state index in [1.54, 1.807) is 0 Å². The van der Waals surface area contributed by atoms with Crippen LogP contribution in [0.4, 0.5) is 0 Å². The van der Waals surface area contributed by atoms with Crippen molar-refractivity contribution in [3.63, 3.8) is 0 Å². The molecule has 12 nitrogen and oxygen atoms in total. The van der Waals surface area contributed by atoms with E-state index in [1.165, 1.54) is 0 Å². The normalized spacial score (nSPS) is 18.9. The lowest BCUT2D eigenvalue weighted by Gasteiger charge is -2.21. The van der Waals surface area contributed by atoms with Crippen molar-refractivity contribution in [1.29, 1.82) is 0 Å². The molecule has 2 aliphatic rings. The van der Waals surface area contributed by atoms with Gasteiger partial charge in [0.15, 0.2) is 0 Å². The standard InChI is InChI=1S/2C24H25N5O/c2*1-17-9-19(15-28(17)24(30)10-18-5-3-2-4-6-18)16-29-23-8-7-20(11-21(23)14-27-29)22-12-25-26-13-22/h2*2-8,11-14,17,19H,9-10,15-16H2,1H3,(H,25,26)/t2*17-,19?/m10/s1. The van der Waals surface area contributed by atoms with Gasteiger partial charge >= 0.3 is 0 Å². The zero-order chi connectivity index (χ0) is 41.0. The van der Waals surface area contributed by atoms with Crippen molar-refractivity contribution in [2.75, 3.05) is 13.1 Å². The number of carbonyl (C=O) groups is 2. The van der Waals surface area contributed by atoms with Crippen LogP contribution in [0.25, 0.3) is 44.1 Å². The fraction of sp³-hybridized carbons (Fsp3) is 0.292. The van der Waals surface area contributed by atoms with Gasteiger partial charge in [-0.05, 0) is 85.0 Å². The second kappa shape index (κ2) is 17.2. The Morgan fingerprint density at radius 2 is 1.00 bits per heavy atom. The minimum Gasteiger partial charge on any atom is -0.339 e. The monoisotopic (exact) mass is 798 g/mol. The quantitative estimate of drug-likeness (QED) is 0.145. The van der Waals surface area contributed by atoms with E-state index < -0.39 is 0 Å². The Hall–Kier alpha value is -6.82. The molecule has 8 aromatic rings. The van der Waals surface area contributed by atoms with E-state index in [4.69, 9.17) is 0 Å². The number of aromatic nitrogens is 8. The van der Waals surface area contributed by atoms with E-state index in [9.17, 15) is 9.59 Å². The predicted molar refractivity (Wildman–Crippen MR) is 233 cm³/mol. The average Bonchev–Trinajstić information content (AvgIpc) is 4.13. The number of benzene rings is 4. The summed E-state index contributed by atoms with van der Waals surface area (Å²) in [5.41, 5.74) is 8.80. The molecule has 4 aromatic heterocycles. The zero-order valence-corrected chi connectivity index (χ0v) is 34.1. The van der Waals surface area contributed by atoms with Crippen LogP contribution in [-0.4, -0.2) is 86.7 Å². The number of aromatic amines is 2. The van der Waals surface area contributed by atoms with Crippen molar-refractivity contribution in [3.05, 3.63) is 145 Å². The van der Waals surface area contributed by atoms with Gasteiger partial charge in [-0.25, -0.2) is 0 Å². The minimum absolute atomic E-state index is 0.214. The van der Waals surface area contributed by atoms with Crippen LogP contribution in [0.15, 0.2) is 134 Å². The molecule has 12 heteroatoms. The maximum atomic E-state index is 12.8. The van der Waals surface area contributed by atoms with Crippen molar-refractivity contribution in [2.24, 2.45) is 11.8 Å². The van der Waals surface area contributed by atoms with Crippen LogP contribution in [0.1, 0.15) is 37.8 Å². The van der Waals surface area contributed by atoms with Gasteiger partial charge in [0.1, 0.15) is 0 Å². The van der Waals surface area contributed by atoms with Crippen LogP contribution in [0.5, 0.6) is 0 Å². The second-order valence-corrected chi connectivity index (χ2v) is 16.5. The predicted octanol–water partition coefficient (Wildman–Crippen LogP) is 7.81. The summed E-state index contributed by atoms with van der Waals surface area (Å²) in [6.07, 6.45) is 14.3. The highest BCUT2D eigenvalue weighted by molar-refractivity contribution is 5.85. The van der Waals surface area contributed by atoms with Gasteiger partial charge in [0.25, 0.3) is 0 Å². The van der Waals surface area contributed by atoms with Crippen molar-refractivity contribution < 1.29 is 9.59 Å². The molecule has 2 fully saturated rings. The summed E-state index contributed by atoms with van der Waals surface area (Å²) in [5.74, 6) is 1.25. The third-order valence-electron chi connectivity index (χ3n) is 12.2. The van der Waals surface area contributed by atoms with Gasteiger partial charge in [-0.3, -0.25) is 29.2 Å². The molecule has 2 amide bonds. The summed E-state index contributed by atoms with van der Waals surface area (Å²) in [7, 11) is 0. The van der Waals surface area contributed by atoms with Crippen LogP contribution in [0, 0.1) is 11.8 Å². The summed E-state index contributed by atoms with van der Waals surface area (Å²) in [6, 6.07) is 33.3. The van der Waals surface area contributed by atoms with E-state index in [-0.39, 0.29) is 23.9 Å². The fourth-order valence-corrected chi connectivity index (χ4v) is 9.12. The van der Waals surface area contributed by atoms with Gasteiger partial charge in [0, 0.05) is 72.6 Å². The summed E-state index contributed by atoms with van der Waals surface area (Å²) in [5, 5.41) is 25.3. The number of carbonyl (C=O) groups excluding carboxylic acids is 2. The van der Waals surface area contributed by atoms with Crippen molar-refractivity contribution in [3.8, 4) is 22.3 Å². The van der Waals surface area contributed by atoms with Crippen LogP contribution in [-0.2, 0) is 35.5 Å². The molecule has 6 heterocycles. The van der Waals surface area contributed by atoms with Crippen LogP contribution >= 0.6 is 0 Å². The number of nitrogens with zero attached hydrogens (tertiary/aromatic N) is 8. The van der Waals surface area contributed by atoms with Gasteiger partial charge in [-0.1, -0.05) is 72.8 Å². The first-order valence-corrected chi connectivity index (χ1v) is 20.9. The summed E-state index contributed by atoms with van der Waals surface area (Å²) >= 11 is 0. The maximum absolute atomic E-state index is 12.8. The Labute approximate surface area is 349 Å². The molecule has 0 bridgehead atoms. The van der Waals surface area contributed by atoms with Crippen molar-refractivity contribution in [2.45, 2.75) is 64.7 Å². The number of nitrogens with one attached hydrogen (secondary N) is 2. The zero-order valence-electron chi connectivity index (χ0n) is 34.1. The second-order valence-electron chi connectivity index (χ2n) is 16.5. The van der Waals surface area contributed by atoms with Gasteiger partial charge in [-0.2, -0.15) is 20.4 Å². The first-order chi connectivity index (χ1) is 29.3. The minimum atomic E-state index is 0.214. The molecule has 4 aromatic carbocycles. The lowest BCUT2D eigenvalue weighted by Crippen LogP contribution is -2.35. The topological polar surface area (TPSA) is 134 Å². The molecule has 60 heavy (non-hydrogen) atoms. The van der Waals surface area contributed by atoms with Crippen LogP contribution in [0.3, 0.4) is 0 Å². The molecule has 2 aliphatic heterocycles. The van der Waals surface area contributed by atoms with E-state index >= 15 is 0 Å². The lowest BCUT2D eigenvalue weighted by atomic mass is 10.1. The molecule has 2 saturated heterocycles. The number of likely N-dealkylation sites (tertiary alicyclic amines) is 2. The molecular weight excluding hydrogens is 749 g/mol. The Morgan fingerprint density at radius 1 is 0.567 bits per heavy atom. The summed E-state index contributed by atoms with van der Waals surface area (Å²) in [6.45, 7) is 7.55. The Balaban J connectivity index is 0.000000154. The number of amides is 2. The molecule has 4 atom stereocenters. The summed E-state index contributed by atoms with van der Waals surface area (Å²) in [4.78, 5) is 29.7. The fourth-order valence-electron chi connectivity index (χ4n) is 9.12. The smallest absolute Gasteiger partial charge is 0.227 e. The van der Waals surface area contributed by atoms with Crippen molar-refractivity contribution in [1.82, 2.24) is 49.8 Å². The number of fused-ring (bicyclic) bond motifs is 2. The number of hydrogen-bond acceptors (Lipinski definition) is 6. The largest absolute Gasteiger partial charge is 0.339 e. The molecule has 2 unspecified atom stereocenters. The van der Waals surface area contributed by atoms with E-state index in [0.29, 0.717) is 24.7 Å². The SMILES string of the molecule is C[C@@H]1CC(Cn2ncc3cc(-c4cn[nH]c4)ccc32)CN1C(=O)Cc1ccccc1.C[C@H]1CC(Cn2ncc3cc(-c4cn[nH]c4)ccc32)CN1C(=O)Cc1ccccc1. The highest BCUT2D eigenvalue weighted by Gasteiger charge is 2.34. The van der Waals surface area contributed by atoms with Crippen molar-refractivity contribution >= 4 is 33.6 Å². The number of hydrogen-bond donors (Lipinski definition) is 2. The third kappa shape index (κ3) is 8.49. The third-order valence-corrected chi connectivity index (χ3v) is 12.2. The molecule has 2 N–H and O–H groups in total. The van der Waals surface area contributed by atoms with Gasteiger partial charge < -0.3 is 9.80 Å². The van der Waals surface area contributed by atoms with E-state index in [1.807, 2.05) is 108 Å².